The number of carbonyl (C=O) groups excluding carboxylic acids is 2. The topological polar surface area (TPSA) is 111 Å². The lowest BCUT2D eigenvalue weighted by Crippen LogP contribution is -2.38. The van der Waals surface area contributed by atoms with E-state index in [0.717, 1.165) is 0 Å². The van der Waals surface area contributed by atoms with Crippen LogP contribution in [0.4, 0.5) is 5.69 Å². The van der Waals surface area contributed by atoms with Crippen LogP contribution in [0.5, 0.6) is 5.75 Å². The molecule has 0 aromatic heterocycles. The van der Waals surface area contributed by atoms with Gasteiger partial charge in [-0.05, 0) is 60.9 Å². The maximum absolute atomic E-state index is 12.5. The second-order valence-electron chi connectivity index (χ2n) is 7.44. The molecule has 0 aliphatic rings. The predicted octanol–water partition coefficient (Wildman–Crippen LogP) is 3.21. The molecule has 0 saturated heterocycles. The molecule has 0 fully saturated rings. The lowest BCUT2D eigenvalue weighted by atomic mass is 10.1. The Morgan fingerprint density at radius 2 is 1.62 bits per heavy atom. The van der Waals surface area contributed by atoms with Crippen molar-refractivity contribution in [3.05, 3.63) is 60.2 Å². The summed E-state index contributed by atoms with van der Waals surface area (Å²) < 4.78 is 37.5. The zero-order valence-corrected chi connectivity index (χ0v) is 19.3. The van der Waals surface area contributed by atoms with E-state index in [-0.39, 0.29) is 29.4 Å². The number of sulfonamides is 1. The molecule has 0 aliphatic carbocycles. The molecule has 32 heavy (non-hydrogen) atoms. The lowest BCUT2D eigenvalue weighted by molar-refractivity contribution is -0.144. The molecular formula is C23H28N2O6S. The van der Waals surface area contributed by atoms with Crippen LogP contribution in [0.1, 0.15) is 26.3 Å². The molecule has 1 atom stereocenters. The van der Waals surface area contributed by atoms with E-state index in [1.807, 2.05) is 20.8 Å². The quantitative estimate of drug-likeness (QED) is 0.416. The smallest absolute Gasteiger partial charge is 0.331 e. The van der Waals surface area contributed by atoms with Crippen molar-refractivity contribution in [2.45, 2.75) is 31.7 Å². The van der Waals surface area contributed by atoms with Crippen LogP contribution in [-0.2, 0) is 24.3 Å². The van der Waals surface area contributed by atoms with Crippen LogP contribution in [0.25, 0.3) is 6.08 Å². The molecule has 2 rings (SSSR count). The van der Waals surface area contributed by atoms with Crippen LogP contribution in [0.15, 0.2) is 59.5 Å². The Kier molecular flexibility index (Phi) is 8.83. The maximum atomic E-state index is 12.5. The van der Waals surface area contributed by atoms with Gasteiger partial charge in [0.2, 0.25) is 0 Å². The van der Waals surface area contributed by atoms with Crippen molar-refractivity contribution in [3.8, 4) is 5.75 Å². The number of carbonyl (C=O) groups is 2. The molecule has 1 amide bonds. The Bertz CT molecular complexity index is 1040. The molecule has 0 spiro atoms. The van der Waals surface area contributed by atoms with Gasteiger partial charge in [-0.3, -0.25) is 9.52 Å². The molecule has 2 aromatic carbocycles. The van der Waals surface area contributed by atoms with Gasteiger partial charge in [-0.25, -0.2) is 13.2 Å². The van der Waals surface area contributed by atoms with Gasteiger partial charge in [0, 0.05) is 17.8 Å². The first-order chi connectivity index (χ1) is 15.1. The average molecular weight is 461 g/mol. The normalized spacial score (nSPS) is 12.4. The second kappa shape index (κ2) is 11.3. The molecule has 1 unspecified atom stereocenters. The van der Waals surface area contributed by atoms with Crippen molar-refractivity contribution in [1.82, 2.24) is 5.32 Å². The fourth-order valence-electron chi connectivity index (χ4n) is 2.44. The Morgan fingerprint density at radius 1 is 1.00 bits per heavy atom. The molecule has 172 valence electrons. The summed E-state index contributed by atoms with van der Waals surface area (Å²) in [6.45, 7) is 5.46. The van der Waals surface area contributed by atoms with Gasteiger partial charge in [0.25, 0.3) is 15.9 Å². The molecule has 8 nitrogen and oxygen atoms in total. The summed E-state index contributed by atoms with van der Waals surface area (Å²) in [6, 6.07) is 12.5. The number of nitrogens with one attached hydrogen (secondary N) is 2. The first-order valence-corrected chi connectivity index (χ1v) is 11.5. The largest absolute Gasteiger partial charge is 0.497 e. The lowest BCUT2D eigenvalue weighted by Gasteiger charge is -2.16. The van der Waals surface area contributed by atoms with Crippen molar-refractivity contribution in [1.29, 1.82) is 0 Å². The van der Waals surface area contributed by atoms with Crippen LogP contribution < -0.4 is 14.8 Å². The van der Waals surface area contributed by atoms with Crippen LogP contribution >= 0.6 is 0 Å². The third-order valence-corrected chi connectivity index (χ3v) is 6.08. The molecular weight excluding hydrogens is 432 g/mol. The molecule has 0 heterocycles. The highest BCUT2D eigenvalue weighted by Gasteiger charge is 2.14. The molecule has 0 saturated carbocycles. The van der Waals surface area contributed by atoms with Gasteiger partial charge in [-0.15, -0.1) is 0 Å². The van der Waals surface area contributed by atoms with Gasteiger partial charge in [0.05, 0.1) is 12.0 Å². The highest BCUT2D eigenvalue weighted by molar-refractivity contribution is 7.92. The third-order valence-electron chi connectivity index (χ3n) is 4.68. The average Bonchev–Trinajstić information content (AvgIpc) is 2.76. The van der Waals surface area contributed by atoms with E-state index in [4.69, 9.17) is 9.47 Å². The standard InChI is InChI=1S/C23H28N2O6S/c1-16(2)17(3)24-22(26)15-31-23(27)14-7-18-5-12-21(13-6-18)32(28,29)25-19-8-10-20(30-4)11-9-19/h5-14,16-17,25H,15H2,1-4H3,(H,24,26)/b14-7+. The number of benzene rings is 2. The number of methoxy groups -OCH3 is 1. The fraction of sp³-hybridized carbons (Fsp3) is 0.304. The number of hydrogen-bond donors (Lipinski definition) is 2. The highest BCUT2D eigenvalue weighted by Crippen LogP contribution is 2.20. The van der Waals surface area contributed by atoms with Crippen LogP contribution in [0, 0.1) is 5.92 Å². The Balaban J connectivity index is 1.91. The SMILES string of the molecule is COc1ccc(NS(=O)(=O)c2ccc(/C=C/C(=O)OCC(=O)NC(C)C(C)C)cc2)cc1. The number of ether oxygens (including phenoxy) is 2. The second-order valence-corrected chi connectivity index (χ2v) is 9.13. The third kappa shape index (κ3) is 7.73. The van der Waals surface area contributed by atoms with Gasteiger partial charge in [-0.1, -0.05) is 26.0 Å². The minimum atomic E-state index is -3.77. The van der Waals surface area contributed by atoms with Crippen molar-refractivity contribution in [3.63, 3.8) is 0 Å². The highest BCUT2D eigenvalue weighted by atomic mass is 32.2. The van der Waals surface area contributed by atoms with Crippen LogP contribution in [0.2, 0.25) is 0 Å². The molecule has 9 heteroatoms. The minimum Gasteiger partial charge on any atom is -0.497 e. The van der Waals surface area contributed by atoms with Crippen molar-refractivity contribution < 1.29 is 27.5 Å². The maximum Gasteiger partial charge on any atom is 0.331 e. The van der Waals surface area contributed by atoms with E-state index in [9.17, 15) is 18.0 Å². The van der Waals surface area contributed by atoms with E-state index in [2.05, 4.69) is 10.0 Å². The van der Waals surface area contributed by atoms with Gasteiger partial charge in [0.1, 0.15) is 5.75 Å². The monoisotopic (exact) mass is 460 g/mol. The zero-order chi connectivity index (χ0) is 23.7. The predicted molar refractivity (Wildman–Crippen MR) is 123 cm³/mol. The minimum absolute atomic E-state index is 0.0225. The number of esters is 1. The van der Waals surface area contributed by atoms with Gasteiger partial charge < -0.3 is 14.8 Å². The summed E-state index contributed by atoms with van der Waals surface area (Å²) in [5, 5.41) is 2.74. The number of hydrogen-bond acceptors (Lipinski definition) is 6. The molecule has 0 aliphatic heterocycles. The summed E-state index contributed by atoms with van der Waals surface area (Å²) in [5.74, 6) is -0.150. The summed E-state index contributed by atoms with van der Waals surface area (Å²) in [4.78, 5) is 23.6. The summed E-state index contributed by atoms with van der Waals surface area (Å²) in [7, 11) is -2.24. The number of rotatable bonds is 10. The molecule has 2 aromatic rings. The van der Waals surface area contributed by atoms with Crippen LogP contribution in [-0.4, -0.2) is 40.1 Å². The Hall–Kier alpha value is -3.33. The molecule has 0 radical (unpaired) electrons. The van der Waals surface area contributed by atoms with E-state index in [0.29, 0.717) is 17.0 Å². The fourth-order valence-corrected chi connectivity index (χ4v) is 3.50. The summed E-state index contributed by atoms with van der Waals surface area (Å²) in [5.41, 5.74) is 1.01. The Morgan fingerprint density at radius 3 is 2.19 bits per heavy atom. The van der Waals surface area contributed by atoms with Crippen molar-refractivity contribution in [2.75, 3.05) is 18.4 Å². The molecule has 2 N–H and O–H groups in total. The van der Waals surface area contributed by atoms with Crippen LogP contribution in [0.3, 0.4) is 0 Å². The van der Waals surface area contributed by atoms with Gasteiger partial charge >= 0.3 is 5.97 Å². The van der Waals surface area contributed by atoms with E-state index < -0.39 is 16.0 Å². The van der Waals surface area contributed by atoms with E-state index in [1.165, 1.54) is 31.4 Å². The summed E-state index contributed by atoms with van der Waals surface area (Å²) in [6.07, 6.45) is 2.66. The van der Waals surface area contributed by atoms with E-state index in [1.54, 1.807) is 36.4 Å². The summed E-state index contributed by atoms with van der Waals surface area (Å²) >= 11 is 0. The zero-order valence-electron chi connectivity index (χ0n) is 18.5. The first kappa shape index (κ1) is 24.9. The first-order valence-electron chi connectivity index (χ1n) is 10.0. The number of amides is 1. The van der Waals surface area contributed by atoms with Crippen molar-refractivity contribution in [2.24, 2.45) is 5.92 Å². The number of anilines is 1. The Labute approximate surface area is 188 Å². The molecule has 0 bridgehead atoms. The van der Waals surface area contributed by atoms with Crippen molar-refractivity contribution >= 4 is 33.7 Å². The van der Waals surface area contributed by atoms with E-state index >= 15 is 0 Å². The van der Waals surface area contributed by atoms with Gasteiger partial charge in [-0.2, -0.15) is 0 Å². The van der Waals surface area contributed by atoms with Gasteiger partial charge in [0.15, 0.2) is 6.61 Å².